The summed E-state index contributed by atoms with van der Waals surface area (Å²) in [5, 5.41) is 15.0. The van der Waals surface area contributed by atoms with Gasteiger partial charge in [-0.15, -0.1) is 11.0 Å². The van der Waals surface area contributed by atoms with E-state index >= 15 is 0 Å². The van der Waals surface area contributed by atoms with Gasteiger partial charge in [0.1, 0.15) is 6.61 Å². The molecule has 20 heavy (non-hydrogen) atoms. The van der Waals surface area contributed by atoms with Crippen LogP contribution in [0.15, 0.2) is 30.5 Å². The molecule has 102 valence electrons. The number of ether oxygens (including phenoxy) is 1. The summed E-state index contributed by atoms with van der Waals surface area (Å²) in [5.74, 6) is 5.91. The van der Waals surface area contributed by atoms with Gasteiger partial charge in [0.05, 0.1) is 10.5 Å². The minimum Gasteiger partial charge on any atom is -0.471 e. The molecule has 0 fully saturated rings. The van der Waals surface area contributed by atoms with Crippen molar-refractivity contribution in [2.24, 2.45) is 0 Å². The van der Waals surface area contributed by atoms with E-state index in [0.717, 1.165) is 0 Å². The van der Waals surface area contributed by atoms with E-state index in [2.05, 4.69) is 29.8 Å². The number of benzene rings is 1. The van der Waals surface area contributed by atoms with Crippen molar-refractivity contribution in [1.82, 2.24) is 9.19 Å². The van der Waals surface area contributed by atoms with Crippen molar-refractivity contribution in [3.8, 4) is 17.7 Å². The van der Waals surface area contributed by atoms with Crippen molar-refractivity contribution in [3.05, 3.63) is 51.7 Å². The van der Waals surface area contributed by atoms with Gasteiger partial charge in [-0.3, -0.25) is 10.1 Å². The fourth-order valence-corrected chi connectivity index (χ4v) is 1.83. The summed E-state index contributed by atoms with van der Waals surface area (Å²) in [4.78, 5) is 10.6. The number of rotatable bonds is 4. The molecule has 0 bridgehead atoms. The molecule has 0 aliphatic rings. The van der Waals surface area contributed by atoms with Crippen molar-refractivity contribution < 1.29 is 9.66 Å². The SMILES string of the molecule is CC#Cc1cccc([N+](=O)[O-])c1COc1ccn(S)n1. The maximum atomic E-state index is 11.1. The predicted octanol–water partition coefficient (Wildman–Crippen LogP) is 2.43. The van der Waals surface area contributed by atoms with Gasteiger partial charge in [-0.2, -0.15) is 0 Å². The van der Waals surface area contributed by atoms with Crippen LogP contribution in [0.1, 0.15) is 18.1 Å². The largest absolute Gasteiger partial charge is 0.471 e. The molecule has 0 aliphatic heterocycles. The Morgan fingerprint density at radius 1 is 1.50 bits per heavy atom. The average Bonchev–Trinajstić information content (AvgIpc) is 2.83. The molecule has 0 spiro atoms. The van der Waals surface area contributed by atoms with Crippen LogP contribution in [-0.4, -0.2) is 14.1 Å². The number of nitro groups is 1. The highest BCUT2D eigenvalue weighted by atomic mass is 32.1. The highest BCUT2D eigenvalue weighted by Gasteiger charge is 2.17. The van der Waals surface area contributed by atoms with Crippen molar-refractivity contribution >= 4 is 18.5 Å². The molecule has 0 N–H and O–H groups in total. The lowest BCUT2D eigenvalue weighted by molar-refractivity contribution is -0.385. The van der Waals surface area contributed by atoms with Gasteiger partial charge in [0, 0.05) is 23.9 Å². The van der Waals surface area contributed by atoms with Crippen LogP contribution < -0.4 is 4.74 Å². The van der Waals surface area contributed by atoms with Gasteiger partial charge >= 0.3 is 0 Å². The predicted molar refractivity (Wildman–Crippen MR) is 76.6 cm³/mol. The first-order chi connectivity index (χ1) is 9.61. The molecule has 0 saturated carbocycles. The molecule has 2 aromatic rings. The first-order valence-electron chi connectivity index (χ1n) is 5.68. The summed E-state index contributed by atoms with van der Waals surface area (Å²) >= 11 is 3.99. The molecule has 1 aromatic carbocycles. The van der Waals surface area contributed by atoms with E-state index in [1.165, 1.54) is 10.2 Å². The Kier molecular flexibility index (Phi) is 4.27. The van der Waals surface area contributed by atoms with Crippen molar-refractivity contribution in [1.29, 1.82) is 0 Å². The molecule has 7 heteroatoms. The smallest absolute Gasteiger partial charge is 0.277 e. The van der Waals surface area contributed by atoms with E-state index in [9.17, 15) is 10.1 Å². The molecule has 6 nitrogen and oxygen atoms in total. The van der Waals surface area contributed by atoms with E-state index in [0.29, 0.717) is 17.0 Å². The second kappa shape index (κ2) is 6.12. The Hall–Kier alpha value is -2.46. The fourth-order valence-electron chi connectivity index (χ4n) is 1.67. The second-order valence-electron chi connectivity index (χ2n) is 3.80. The molecular formula is C13H11N3O3S. The summed E-state index contributed by atoms with van der Waals surface area (Å²) in [6, 6.07) is 6.37. The summed E-state index contributed by atoms with van der Waals surface area (Å²) in [7, 11) is 0. The second-order valence-corrected chi connectivity index (χ2v) is 4.21. The van der Waals surface area contributed by atoms with Gasteiger partial charge in [0.2, 0.25) is 5.88 Å². The molecule has 1 heterocycles. The zero-order valence-electron chi connectivity index (χ0n) is 10.6. The zero-order chi connectivity index (χ0) is 14.5. The molecule has 0 aliphatic carbocycles. The topological polar surface area (TPSA) is 70.2 Å². The number of hydrogen-bond donors (Lipinski definition) is 1. The standard InChI is InChI=1S/C13H11N3O3S/c1-2-4-10-5-3-6-12(16(17)18)11(10)9-19-13-7-8-15(20)14-13/h3,5-8,20H,9H2,1H3. The number of aromatic nitrogens is 2. The highest BCUT2D eigenvalue weighted by Crippen LogP contribution is 2.23. The summed E-state index contributed by atoms with van der Waals surface area (Å²) < 4.78 is 6.73. The van der Waals surface area contributed by atoms with E-state index in [1.54, 1.807) is 31.3 Å². The van der Waals surface area contributed by atoms with Crippen LogP contribution >= 0.6 is 12.8 Å². The minimum absolute atomic E-state index is 0.0180. The van der Waals surface area contributed by atoms with Crippen molar-refractivity contribution in [2.45, 2.75) is 13.5 Å². The van der Waals surface area contributed by atoms with E-state index < -0.39 is 4.92 Å². The van der Waals surface area contributed by atoms with Gasteiger partial charge < -0.3 is 4.74 Å². The summed E-state index contributed by atoms with van der Waals surface area (Å²) in [6.07, 6.45) is 1.60. The molecule has 0 atom stereocenters. The first kappa shape index (κ1) is 14.0. The molecule has 0 saturated heterocycles. The first-order valence-corrected chi connectivity index (χ1v) is 6.08. The molecular weight excluding hydrogens is 278 g/mol. The maximum absolute atomic E-state index is 11.1. The number of thiol groups is 1. The quantitative estimate of drug-likeness (QED) is 0.406. The lowest BCUT2D eigenvalue weighted by Crippen LogP contribution is -2.03. The lowest BCUT2D eigenvalue weighted by atomic mass is 10.1. The van der Waals surface area contributed by atoms with Gasteiger partial charge in [0.25, 0.3) is 5.69 Å². The van der Waals surface area contributed by atoms with Gasteiger partial charge in [-0.1, -0.05) is 12.0 Å². The Labute approximate surface area is 121 Å². The molecule has 2 rings (SSSR count). The third-order valence-electron chi connectivity index (χ3n) is 2.52. The van der Waals surface area contributed by atoms with Crippen LogP contribution in [0.4, 0.5) is 5.69 Å². The van der Waals surface area contributed by atoms with Crippen LogP contribution in [0.3, 0.4) is 0 Å². The molecule has 0 radical (unpaired) electrons. The normalized spacial score (nSPS) is 9.70. The van der Waals surface area contributed by atoms with Crippen molar-refractivity contribution in [2.75, 3.05) is 0 Å². The Balaban J connectivity index is 2.31. The Morgan fingerprint density at radius 2 is 2.30 bits per heavy atom. The number of hydrogen-bond acceptors (Lipinski definition) is 5. The van der Waals surface area contributed by atoms with Crippen LogP contribution in [-0.2, 0) is 6.61 Å². The molecule has 0 unspecified atom stereocenters. The van der Waals surface area contributed by atoms with E-state index in [1.807, 2.05) is 0 Å². The van der Waals surface area contributed by atoms with E-state index in [-0.39, 0.29) is 12.3 Å². The highest BCUT2D eigenvalue weighted by molar-refractivity contribution is 7.78. The number of nitro benzene ring substituents is 1. The molecule has 0 amide bonds. The third-order valence-corrected chi connectivity index (χ3v) is 2.75. The van der Waals surface area contributed by atoms with E-state index in [4.69, 9.17) is 4.74 Å². The minimum atomic E-state index is -0.448. The third kappa shape index (κ3) is 3.10. The molecule has 1 aromatic heterocycles. The Morgan fingerprint density at radius 3 is 2.90 bits per heavy atom. The van der Waals surface area contributed by atoms with Crippen molar-refractivity contribution in [3.63, 3.8) is 0 Å². The maximum Gasteiger partial charge on any atom is 0.277 e. The Bertz CT molecular complexity index is 700. The van der Waals surface area contributed by atoms with Crippen LogP contribution in [0.2, 0.25) is 0 Å². The van der Waals surface area contributed by atoms with Gasteiger partial charge in [0.15, 0.2) is 0 Å². The van der Waals surface area contributed by atoms with Gasteiger partial charge in [-0.05, 0) is 25.8 Å². The van der Waals surface area contributed by atoms with Crippen LogP contribution in [0.25, 0.3) is 0 Å². The zero-order valence-corrected chi connectivity index (χ0v) is 11.5. The number of nitrogens with zero attached hydrogens (tertiary/aromatic N) is 3. The van der Waals surface area contributed by atoms with Gasteiger partial charge in [-0.25, -0.2) is 4.09 Å². The lowest BCUT2D eigenvalue weighted by Gasteiger charge is -2.06. The average molecular weight is 289 g/mol. The summed E-state index contributed by atoms with van der Waals surface area (Å²) in [6.45, 7) is 1.69. The monoisotopic (exact) mass is 289 g/mol. The van der Waals surface area contributed by atoms with Crippen LogP contribution in [0.5, 0.6) is 5.88 Å². The fraction of sp³-hybridized carbons (Fsp3) is 0.154. The summed E-state index contributed by atoms with van der Waals surface area (Å²) in [5.41, 5.74) is 0.989. The van der Waals surface area contributed by atoms with Crippen LogP contribution in [0, 0.1) is 22.0 Å².